The van der Waals surface area contributed by atoms with Crippen LogP contribution in [-0.4, -0.2) is 26.9 Å². The van der Waals surface area contributed by atoms with Gasteiger partial charge in [0.25, 0.3) is 0 Å². The standard InChI is InChI=1S/C13H13ClN4O3/c1-18-9(4-5-16-18)7-15-13(21)17-11-6-8(14)2-3-10(11)12(19)20/h2-6H,7H2,1H3,(H,19,20)(H2,15,17,21). The van der Waals surface area contributed by atoms with Crippen LogP contribution in [0.2, 0.25) is 5.02 Å². The predicted octanol–water partition coefficient (Wildman–Crippen LogP) is 2.09. The number of benzene rings is 1. The Morgan fingerprint density at radius 1 is 1.38 bits per heavy atom. The summed E-state index contributed by atoms with van der Waals surface area (Å²) in [4.78, 5) is 22.9. The first-order chi connectivity index (χ1) is 9.97. The molecule has 0 saturated carbocycles. The van der Waals surface area contributed by atoms with Crippen molar-refractivity contribution >= 4 is 29.3 Å². The fraction of sp³-hybridized carbons (Fsp3) is 0.154. The Labute approximate surface area is 125 Å². The van der Waals surface area contributed by atoms with Gasteiger partial charge in [-0.05, 0) is 24.3 Å². The smallest absolute Gasteiger partial charge is 0.337 e. The van der Waals surface area contributed by atoms with E-state index in [9.17, 15) is 9.59 Å². The van der Waals surface area contributed by atoms with E-state index in [2.05, 4.69) is 15.7 Å². The Bertz CT molecular complexity index is 684. The van der Waals surface area contributed by atoms with Crippen molar-refractivity contribution in [2.24, 2.45) is 7.05 Å². The lowest BCUT2D eigenvalue weighted by atomic mass is 10.2. The molecule has 0 aliphatic carbocycles. The number of anilines is 1. The minimum Gasteiger partial charge on any atom is -0.478 e. The van der Waals surface area contributed by atoms with Gasteiger partial charge < -0.3 is 15.7 Å². The molecule has 0 radical (unpaired) electrons. The summed E-state index contributed by atoms with van der Waals surface area (Å²) in [6.45, 7) is 0.269. The number of carboxylic acid groups (broad SMARTS) is 1. The van der Waals surface area contributed by atoms with Crippen molar-refractivity contribution in [1.29, 1.82) is 0 Å². The van der Waals surface area contributed by atoms with Crippen LogP contribution in [0.15, 0.2) is 30.5 Å². The van der Waals surface area contributed by atoms with E-state index >= 15 is 0 Å². The van der Waals surface area contributed by atoms with Gasteiger partial charge in [0, 0.05) is 18.3 Å². The molecule has 8 heteroatoms. The molecule has 21 heavy (non-hydrogen) atoms. The Morgan fingerprint density at radius 2 is 2.14 bits per heavy atom. The van der Waals surface area contributed by atoms with Gasteiger partial charge in [-0.2, -0.15) is 5.10 Å². The Kier molecular flexibility index (Phi) is 4.44. The van der Waals surface area contributed by atoms with Crippen LogP contribution in [0.25, 0.3) is 0 Å². The second kappa shape index (κ2) is 6.27. The third kappa shape index (κ3) is 3.73. The zero-order chi connectivity index (χ0) is 15.4. The average Bonchev–Trinajstić information content (AvgIpc) is 2.81. The van der Waals surface area contributed by atoms with Crippen LogP contribution in [0.4, 0.5) is 10.5 Å². The van der Waals surface area contributed by atoms with Gasteiger partial charge in [0.05, 0.1) is 23.5 Å². The van der Waals surface area contributed by atoms with Crippen molar-refractivity contribution in [2.75, 3.05) is 5.32 Å². The monoisotopic (exact) mass is 308 g/mol. The SMILES string of the molecule is Cn1nccc1CNC(=O)Nc1cc(Cl)ccc1C(=O)O. The van der Waals surface area contributed by atoms with Crippen LogP contribution in [-0.2, 0) is 13.6 Å². The summed E-state index contributed by atoms with van der Waals surface area (Å²) >= 11 is 5.81. The number of carboxylic acids is 1. The highest BCUT2D eigenvalue weighted by atomic mass is 35.5. The van der Waals surface area contributed by atoms with Gasteiger partial charge in [0.2, 0.25) is 0 Å². The molecule has 1 aromatic heterocycles. The van der Waals surface area contributed by atoms with E-state index in [1.54, 1.807) is 24.0 Å². The van der Waals surface area contributed by atoms with Crippen molar-refractivity contribution in [3.63, 3.8) is 0 Å². The quantitative estimate of drug-likeness (QED) is 0.805. The Morgan fingerprint density at radius 3 is 2.76 bits per heavy atom. The Hall–Kier alpha value is -2.54. The highest BCUT2D eigenvalue weighted by Crippen LogP contribution is 2.21. The highest BCUT2D eigenvalue weighted by Gasteiger charge is 2.13. The maximum absolute atomic E-state index is 11.8. The number of nitrogens with zero attached hydrogens (tertiary/aromatic N) is 2. The van der Waals surface area contributed by atoms with Crippen molar-refractivity contribution in [2.45, 2.75) is 6.54 Å². The molecule has 2 rings (SSSR count). The van der Waals surface area contributed by atoms with Crippen LogP contribution >= 0.6 is 11.6 Å². The molecule has 3 N–H and O–H groups in total. The lowest BCUT2D eigenvalue weighted by Crippen LogP contribution is -2.29. The predicted molar refractivity (Wildman–Crippen MR) is 77.5 cm³/mol. The number of carbonyl (C=O) groups is 2. The van der Waals surface area contributed by atoms with Gasteiger partial charge in [0.1, 0.15) is 0 Å². The molecule has 0 saturated heterocycles. The van der Waals surface area contributed by atoms with Crippen molar-refractivity contribution in [1.82, 2.24) is 15.1 Å². The highest BCUT2D eigenvalue weighted by molar-refractivity contribution is 6.31. The lowest BCUT2D eigenvalue weighted by molar-refractivity contribution is 0.0698. The fourth-order valence-electron chi connectivity index (χ4n) is 1.72. The molecule has 2 amide bonds. The zero-order valence-corrected chi connectivity index (χ0v) is 11.9. The summed E-state index contributed by atoms with van der Waals surface area (Å²) in [7, 11) is 1.76. The van der Waals surface area contributed by atoms with Crippen molar-refractivity contribution < 1.29 is 14.7 Å². The number of urea groups is 1. The zero-order valence-electron chi connectivity index (χ0n) is 11.1. The van der Waals surface area contributed by atoms with Gasteiger partial charge >= 0.3 is 12.0 Å². The molecule has 0 bridgehead atoms. The molecule has 0 atom stereocenters. The van der Waals surface area contributed by atoms with Gasteiger partial charge in [-0.15, -0.1) is 0 Å². The number of amides is 2. The molecular weight excluding hydrogens is 296 g/mol. The van der Waals surface area contributed by atoms with E-state index in [-0.39, 0.29) is 17.8 Å². The summed E-state index contributed by atoms with van der Waals surface area (Å²) in [6, 6.07) is 5.41. The molecular formula is C13H13ClN4O3. The van der Waals surface area contributed by atoms with Gasteiger partial charge in [-0.25, -0.2) is 9.59 Å². The number of hydrogen-bond acceptors (Lipinski definition) is 3. The number of aromatic nitrogens is 2. The Balaban J connectivity index is 2.04. The second-order valence-corrected chi connectivity index (χ2v) is 4.69. The van der Waals surface area contributed by atoms with E-state index in [1.807, 2.05) is 0 Å². The molecule has 0 unspecified atom stereocenters. The number of carbonyl (C=O) groups excluding carboxylic acids is 1. The first-order valence-electron chi connectivity index (χ1n) is 6.02. The molecule has 0 aliphatic heterocycles. The summed E-state index contributed by atoms with van der Waals surface area (Å²) in [5.74, 6) is -1.14. The van der Waals surface area contributed by atoms with Crippen LogP contribution in [0, 0.1) is 0 Å². The molecule has 0 fully saturated rings. The third-order valence-corrected chi connectivity index (χ3v) is 3.05. The number of aromatic carboxylic acids is 1. The minimum atomic E-state index is -1.14. The summed E-state index contributed by atoms with van der Waals surface area (Å²) in [5.41, 5.74) is 0.919. The largest absolute Gasteiger partial charge is 0.478 e. The normalized spacial score (nSPS) is 10.2. The summed E-state index contributed by atoms with van der Waals surface area (Å²) in [5, 5.41) is 18.5. The number of hydrogen-bond donors (Lipinski definition) is 3. The molecule has 0 aliphatic rings. The van der Waals surface area contributed by atoms with Gasteiger partial charge in [-0.1, -0.05) is 11.6 Å². The van der Waals surface area contributed by atoms with E-state index in [0.29, 0.717) is 5.02 Å². The molecule has 0 spiro atoms. The van der Waals surface area contributed by atoms with Crippen molar-refractivity contribution in [3.8, 4) is 0 Å². The number of rotatable bonds is 4. The molecule has 2 aromatic rings. The van der Waals surface area contributed by atoms with Crippen LogP contribution in [0.1, 0.15) is 16.1 Å². The molecule has 7 nitrogen and oxygen atoms in total. The van der Waals surface area contributed by atoms with Gasteiger partial charge in [-0.3, -0.25) is 4.68 Å². The average molecular weight is 309 g/mol. The summed E-state index contributed by atoms with van der Waals surface area (Å²) in [6.07, 6.45) is 1.62. The van der Waals surface area contributed by atoms with Crippen molar-refractivity contribution in [3.05, 3.63) is 46.7 Å². The first kappa shape index (κ1) is 14.9. The minimum absolute atomic E-state index is 0.0323. The van der Waals surface area contributed by atoms with Crippen LogP contribution in [0.5, 0.6) is 0 Å². The number of aryl methyl sites for hydroxylation is 1. The van der Waals surface area contributed by atoms with E-state index < -0.39 is 12.0 Å². The third-order valence-electron chi connectivity index (χ3n) is 2.81. The topological polar surface area (TPSA) is 96.3 Å². The molecule has 110 valence electrons. The first-order valence-corrected chi connectivity index (χ1v) is 6.39. The second-order valence-electron chi connectivity index (χ2n) is 4.25. The number of halogens is 1. The van der Waals surface area contributed by atoms with Crippen LogP contribution in [0.3, 0.4) is 0 Å². The van der Waals surface area contributed by atoms with E-state index in [0.717, 1.165) is 5.69 Å². The lowest BCUT2D eigenvalue weighted by Gasteiger charge is -2.10. The maximum atomic E-state index is 11.8. The molecule has 1 heterocycles. The maximum Gasteiger partial charge on any atom is 0.337 e. The van der Waals surface area contributed by atoms with E-state index in [4.69, 9.17) is 16.7 Å². The molecule has 1 aromatic carbocycles. The number of nitrogens with one attached hydrogen (secondary N) is 2. The van der Waals surface area contributed by atoms with Gasteiger partial charge in [0.15, 0.2) is 0 Å². The van der Waals surface area contributed by atoms with Crippen LogP contribution < -0.4 is 10.6 Å². The fourth-order valence-corrected chi connectivity index (χ4v) is 1.89. The summed E-state index contributed by atoms with van der Waals surface area (Å²) < 4.78 is 1.63. The van der Waals surface area contributed by atoms with E-state index in [1.165, 1.54) is 18.2 Å².